The van der Waals surface area contributed by atoms with E-state index in [1.54, 1.807) is 43.5 Å². The Hall–Kier alpha value is -4.18. The van der Waals surface area contributed by atoms with Gasteiger partial charge in [0.2, 0.25) is 11.9 Å². The van der Waals surface area contributed by atoms with Gasteiger partial charge in [0.25, 0.3) is 5.91 Å². The summed E-state index contributed by atoms with van der Waals surface area (Å²) < 4.78 is 5.60. The monoisotopic (exact) mass is 569 g/mol. The molecule has 0 radical (unpaired) electrons. The van der Waals surface area contributed by atoms with E-state index in [4.69, 9.17) is 9.72 Å². The van der Waals surface area contributed by atoms with E-state index in [-0.39, 0.29) is 17.9 Å². The van der Waals surface area contributed by atoms with E-state index >= 15 is 0 Å². The fraction of sp³-hybridized carbons (Fsp3) is 0.438. The fourth-order valence-electron chi connectivity index (χ4n) is 6.34. The van der Waals surface area contributed by atoms with Gasteiger partial charge < -0.3 is 25.2 Å². The molecule has 1 unspecified atom stereocenters. The van der Waals surface area contributed by atoms with Gasteiger partial charge in [0.15, 0.2) is 5.82 Å². The first-order chi connectivity index (χ1) is 20.5. The van der Waals surface area contributed by atoms with E-state index in [1.807, 2.05) is 6.07 Å². The number of nitrogens with one attached hydrogen (secondary N) is 2. The van der Waals surface area contributed by atoms with Crippen molar-refractivity contribution in [2.45, 2.75) is 57.2 Å². The number of benzene rings is 2. The van der Waals surface area contributed by atoms with Crippen LogP contribution in [0, 0.1) is 0 Å². The number of likely N-dealkylation sites (tertiary alicyclic amines) is 1. The molecule has 0 bridgehead atoms. The molecule has 220 valence electrons. The average Bonchev–Trinajstić information content (AvgIpc) is 3.68. The lowest BCUT2D eigenvalue weighted by Gasteiger charge is -2.30. The summed E-state index contributed by atoms with van der Waals surface area (Å²) in [5, 5.41) is 6.50. The van der Waals surface area contributed by atoms with Gasteiger partial charge in [-0.05, 0) is 43.0 Å². The van der Waals surface area contributed by atoms with Crippen LogP contribution >= 0.6 is 0 Å². The summed E-state index contributed by atoms with van der Waals surface area (Å²) in [6.45, 7) is 3.29. The molecule has 10 nitrogen and oxygen atoms in total. The van der Waals surface area contributed by atoms with Crippen LogP contribution in [0.5, 0.6) is 5.75 Å². The van der Waals surface area contributed by atoms with Crippen LogP contribution in [0.2, 0.25) is 0 Å². The van der Waals surface area contributed by atoms with Crippen molar-refractivity contribution >= 4 is 35.0 Å². The van der Waals surface area contributed by atoms with Crippen LogP contribution in [-0.2, 0) is 11.3 Å². The molecule has 3 heterocycles. The minimum absolute atomic E-state index is 0.0619. The van der Waals surface area contributed by atoms with E-state index in [0.29, 0.717) is 47.6 Å². The number of carbonyl (C=O) groups excluding carboxylic acids is 2. The molecule has 0 spiro atoms. The highest BCUT2D eigenvalue weighted by Gasteiger charge is 2.32. The number of aromatic nitrogens is 2. The lowest BCUT2D eigenvalue weighted by molar-refractivity contribution is -0.118. The molecule has 1 saturated heterocycles. The quantitative estimate of drug-likeness (QED) is 0.413. The Balaban J connectivity index is 1.18. The normalized spacial score (nSPS) is 19.5. The van der Waals surface area contributed by atoms with Gasteiger partial charge in [0.1, 0.15) is 11.4 Å². The SMILES string of the molecule is COc1ccc(C(=O)NC2CCN(Cc3ccccc3)C2)cc1Nc1ncc2c(n1)N(C1CCCC1)CCC(=O)N2C. The maximum Gasteiger partial charge on any atom is 0.251 e. The number of hydrogen-bond donors (Lipinski definition) is 2. The van der Waals surface area contributed by atoms with E-state index in [2.05, 4.69) is 49.7 Å². The number of anilines is 4. The van der Waals surface area contributed by atoms with E-state index in [9.17, 15) is 9.59 Å². The largest absolute Gasteiger partial charge is 0.495 e. The zero-order valence-electron chi connectivity index (χ0n) is 24.4. The van der Waals surface area contributed by atoms with Crippen molar-refractivity contribution in [3.63, 3.8) is 0 Å². The smallest absolute Gasteiger partial charge is 0.251 e. The number of fused-ring (bicyclic) bond motifs is 1. The van der Waals surface area contributed by atoms with Crippen LogP contribution in [0.25, 0.3) is 0 Å². The van der Waals surface area contributed by atoms with Gasteiger partial charge in [-0.1, -0.05) is 43.2 Å². The van der Waals surface area contributed by atoms with Crippen LogP contribution in [0.3, 0.4) is 0 Å². The number of hydrogen-bond acceptors (Lipinski definition) is 8. The Morgan fingerprint density at radius 1 is 1.07 bits per heavy atom. The third kappa shape index (κ3) is 6.04. The van der Waals surface area contributed by atoms with E-state index < -0.39 is 0 Å². The molecule has 1 aliphatic carbocycles. The Morgan fingerprint density at radius 2 is 1.88 bits per heavy atom. The summed E-state index contributed by atoms with van der Waals surface area (Å²) >= 11 is 0. The first kappa shape index (κ1) is 28.0. The van der Waals surface area contributed by atoms with Crippen LogP contribution in [0.1, 0.15) is 54.4 Å². The molecule has 42 heavy (non-hydrogen) atoms. The highest BCUT2D eigenvalue weighted by atomic mass is 16.5. The van der Waals surface area contributed by atoms with E-state index in [0.717, 1.165) is 44.7 Å². The van der Waals surface area contributed by atoms with Gasteiger partial charge in [-0.15, -0.1) is 0 Å². The average molecular weight is 570 g/mol. The van der Waals surface area contributed by atoms with Gasteiger partial charge in [-0.25, -0.2) is 4.98 Å². The van der Waals surface area contributed by atoms with Crippen molar-refractivity contribution in [2.75, 3.05) is 48.9 Å². The molecule has 2 aliphatic heterocycles. The second kappa shape index (κ2) is 12.4. The number of carbonyl (C=O) groups is 2. The molecule has 1 saturated carbocycles. The molecule has 10 heteroatoms. The lowest BCUT2D eigenvalue weighted by atomic mass is 10.1. The molecule has 3 aliphatic rings. The van der Waals surface area contributed by atoms with Gasteiger partial charge >= 0.3 is 0 Å². The van der Waals surface area contributed by atoms with Crippen LogP contribution in [-0.4, -0.2) is 72.6 Å². The Labute approximate surface area is 247 Å². The zero-order valence-corrected chi connectivity index (χ0v) is 24.4. The van der Waals surface area contributed by atoms with Crippen LogP contribution < -0.4 is 25.2 Å². The summed E-state index contributed by atoms with van der Waals surface area (Å²) in [7, 11) is 3.38. The van der Waals surface area contributed by atoms with Crippen LogP contribution in [0.15, 0.2) is 54.7 Å². The van der Waals surface area contributed by atoms with E-state index in [1.165, 1.54) is 18.4 Å². The number of amides is 2. The minimum Gasteiger partial charge on any atom is -0.495 e. The highest BCUT2D eigenvalue weighted by molar-refractivity contribution is 5.98. The molecule has 2 fully saturated rings. The molecule has 6 rings (SSSR count). The lowest BCUT2D eigenvalue weighted by Crippen LogP contribution is -2.37. The Bertz CT molecular complexity index is 1430. The molecular weight excluding hydrogens is 530 g/mol. The maximum absolute atomic E-state index is 13.3. The van der Waals surface area contributed by atoms with Crippen molar-refractivity contribution in [1.82, 2.24) is 20.2 Å². The summed E-state index contributed by atoms with van der Waals surface area (Å²) in [5.74, 6) is 1.68. The predicted molar refractivity (Wildman–Crippen MR) is 164 cm³/mol. The molecule has 2 N–H and O–H groups in total. The molecule has 3 aromatic rings. The predicted octanol–water partition coefficient (Wildman–Crippen LogP) is 4.35. The molecular formula is C32H39N7O3. The van der Waals surface area contributed by atoms with Crippen molar-refractivity contribution in [3.8, 4) is 5.75 Å². The number of ether oxygens (including phenoxy) is 1. The number of nitrogens with zero attached hydrogens (tertiary/aromatic N) is 5. The summed E-state index contributed by atoms with van der Waals surface area (Å²) in [6.07, 6.45) is 7.64. The Morgan fingerprint density at radius 3 is 2.67 bits per heavy atom. The molecule has 2 amide bonds. The van der Waals surface area contributed by atoms with Crippen molar-refractivity contribution < 1.29 is 14.3 Å². The first-order valence-electron chi connectivity index (χ1n) is 14.9. The number of rotatable bonds is 8. The highest BCUT2D eigenvalue weighted by Crippen LogP contribution is 2.37. The summed E-state index contributed by atoms with van der Waals surface area (Å²) in [6, 6.07) is 16.2. The molecule has 2 aromatic carbocycles. The maximum atomic E-state index is 13.3. The second-order valence-electron chi connectivity index (χ2n) is 11.5. The second-order valence-corrected chi connectivity index (χ2v) is 11.5. The van der Waals surface area contributed by atoms with Gasteiger partial charge in [0.05, 0.1) is 19.0 Å². The van der Waals surface area contributed by atoms with Gasteiger partial charge in [0, 0.05) is 57.3 Å². The minimum atomic E-state index is -0.123. The van der Waals surface area contributed by atoms with Crippen molar-refractivity contribution in [3.05, 3.63) is 65.9 Å². The fourth-order valence-corrected chi connectivity index (χ4v) is 6.34. The van der Waals surface area contributed by atoms with Crippen LogP contribution in [0.4, 0.5) is 23.1 Å². The standard InChI is InChI=1S/C32H39N7O3/c1-37-27-19-33-32(36-30(27)39(17-15-29(37)40)25-10-6-7-11-25)35-26-18-23(12-13-28(26)42-2)31(41)34-24-14-16-38(21-24)20-22-8-4-3-5-9-22/h3-5,8-9,12-13,18-19,24-25H,6-7,10-11,14-17,20-21H2,1-2H3,(H,34,41)(H,33,35,36). The number of methoxy groups -OCH3 is 1. The first-order valence-corrected chi connectivity index (χ1v) is 14.9. The van der Waals surface area contributed by atoms with Gasteiger partial charge in [-0.2, -0.15) is 4.98 Å². The Kier molecular flexibility index (Phi) is 8.23. The third-order valence-electron chi connectivity index (χ3n) is 8.65. The topological polar surface area (TPSA) is 103 Å². The van der Waals surface area contributed by atoms with Gasteiger partial charge in [-0.3, -0.25) is 14.5 Å². The van der Waals surface area contributed by atoms with Crippen molar-refractivity contribution in [1.29, 1.82) is 0 Å². The molecule has 1 atom stereocenters. The summed E-state index contributed by atoms with van der Waals surface area (Å²) in [4.78, 5) is 41.7. The summed E-state index contributed by atoms with van der Waals surface area (Å²) in [5.41, 5.74) is 3.13. The third-order valence-corrected chi connectivity index (χ3v) is 8.65. The molecule has 1 aromatic heterocycles. The van der Waals surface area contributed by atoms with Crippen molar-refractivity contribution in [2.24, 2.45) is 0 Å². The zero-order chi connectivity index (χ0) is 29.1.